The molecule has 138 valence electrons. The third kappa shape index (κ3) is 3.62. The number of nitrogens with one attached hydrogen (secondary N) is 1. The van der Waals surface area contributed by atoms with Gasteiger partial charge in [0, 0.05) is 47.7 Å². The van der Waals surface area contributed by atoms with Crippen LogP contribution < -0.4 is 10.2 Å². The molecule has 0 radical (unpaired) electrons. The SMILES string of the molecule is CNC(=O)C1CCN(c2cc(-c3ccc(Cl)cc3)nc3ccccc23)CC1. The molecule has 1 fully saturated rings. The highest BCUT2D eigenvalue weighted by atomic mass is 35.5. The first-order valence-electron chi connectivity index (χ1n) is 9.28. The van der Waals surface area contributed by atoms with Gasteiger partial charge in [0.15, 0.2) is 0 Å². The summed E-state index contributed by atoms with van der Waals surface area (Å²) < 4.78 is 0. The van der Waals surface area contributed by atoms with Gasteiger partial charge in [0.2, 0.25) is 5.91 Å². The predicted molar refractivity (Wildman–Crippen MR) is 111 cm³/mol. The number of hydrogen-bond donors (Lipinski definition) is 1. The molecule has 3 aromatic rings. The maximum absolute atomic E-state index is 11.9. The number of anilines is 1. The number of carbonyl (C=O) groups is 1. The third-order valence-corrected chi connectivity index (χ3v) is 5.54. The molecule has 27 heavy (non-hydrogen) atoms. The van der Waals surface area contributed by atoms with E-state index < -0.39 is 0 Å². The van der Waals surface area contributed by atoms with Gasteiger partial charge < -0.3 is 10.2 Å². The van der Waals surface area contributed by atoms with E-state index in [2.05, 4.69) is 28.4 Å². The minimum Gasteiger partial charge on any atom is -0.371 e. The molecule has 0 atom stereocenters. The second-order valence-electron chi connectivity index (χ2n) is 6.93. The fraction of sp³-hybridized carbons (Fsp3) is 0.273. The molecule has 1 aliphatic heterocycles. The van der Waals surface area contributed by atoms with E-state index in [0.29, 0.717) is 0 Å². The monoisotopic (exact) mass is 379 g/mol. The number of pyridine rings is 1. The number of rotatable bonds is 3. The maximum Gasteiger partial charge on any atom is 0.222 e. The average Bonchev–Trinajstić information content (AvgIpc) is 2.73. The van der Waals surface area contributed by atoms with Crippen LogP contribution in [0.4, 0.5) is 5.69 Å². The largest absolute Gasteiger partial charge is 0.371 e. The Morgan fingerprint density at radius 2 is 1.81 bits per heavy atom. The summed E-state index contributed by atoms with van der Waals surface area (Å²) in [5.41, 5.74) is 4.15. The highest BCUT2D eigenvalue weighted by Crippen LogP contribution is 2.33. The van der Waals surface area contributed by atoms with Crippen molar-refractivity contribution < 1.29 is 4.79 Å². The topological polar surface area (TPSA) is 45.2 Å². The summed E-state index contributed by atoms with van der Waals surface area (Å²) in [6.45, 7) is 1.73. The Hall–Kier alpha value is -2.59. The van der Waals surface area contributed by atoms with Crippen molar-refractivity contribution in [1.82, 2.24) is 10.3 Å². The number of aromatic nitrogens is 1. The number of benzene rings is 2. The van der Waals surface area contributed by atoms with Crippen LogP contribution in [0.2, 0.25) is 5.02 Å². The molecule has 4 nitrogen and oxygen atoms in total. The summed E-state index contributed by atoms with van der Waals surface area (Å²) in [4.78, 5) is 19.2. The van der Waals surface area contributed by atoms with Gasteiger partial charge in [0.1, 0.15) is 0 Å². The number of amides is 1. The molecule has 1 aliphatic rings. The van der Waals surface area contributed by atoms with E-state index >= 15 is 0 Å². The highest BCUT2D eigenvalue weighted by molar-refractivity contribution is 6.30. The molecular formula is C22H22ClN3O. The quantitative estimate of drug-likeness (QED) is 0.727. The second-order valence-corrected chi connectivity index (χ2v) is 7.36. The van der Waals surface area contributed by atoms with Crippen LogP contribution in [0, 0.1) is 5.92 Å². The lowest BCUT2D eigenvalue weighted by atomic mass is 9.95. The standard InChI is InChI=1S/C22H22ClN3O/c1-24-22(27)16-10-12-26(13-11-16)21-14-20(15-6-8-17(23)9-7-15)25-19-5-3-2-4-18(19)21/h2-9,14,16H,10-13H2,1H3,(H,24,27). The van der Waals surface area contributed by atoms with Gasteiger partial charge >= 0.3 is 0 Å². The van der Waals surface area contributed by atoms with Gasteiger partial charge in [-0.1, -0.05) is 41.9 Å². The van der Waals surface area contributed by atoms with Gasteiger partial charge in [-0.25, -0.2) is 4.98 Å². The van der Waals surface area contributed by atoms with Crippen LogP contribution >= 0.6 is 11.6 Å². The van der Waals surface area contributed by atoms with Crippen molar-refractivity contribution in [2.75, 3.05) is 25.0 Å². The first-order valence-corrected chi connectivity index (χ1v) is 9.66. The van der Waals surface area contributed by atoms with Crippen LogP contribution in [-0.4, -0.2) is 31.0 Å². The van der Waals surface area contributed by atoms with E-state index in [1.54, 1.807) is 7.05 Å². The smallest absolute Gasteiger partial charge is 0.222 e. The Labute approximate surface area is 164 Å². The first-order chi connectivity index (χ1) is 13.2. The van der Waals surface area contributed by atoms with Gasteiger partial charge in [-0.3, -0.25) is 4.79 Å². The Morgan fingerprint density at radius 3 is 2.52 bits per heavy atom. The van der Waals surface area contributed by atoms with Crippen LogP contribution in [0.1, 0.15) is 12.8 Å². The summed E-state index contributed by atoms with van der Waals surface area (Å²) >= 11 is 6.04. The molecule has 2 heterocycles. The zero-order valence-electron chi connectivity index (χ0n) is 15.3. The van der Waals surface area contributed by atoms with Crippen molar-refractivity contribution in [3.8, 4) is 11.3 Å². The molecule has 0 saturated carbocycles. The average molecular weight is 380 g/mol. The van der Waals surface area contributed by atoms with Crippen molar-refractivity contribution in [1.29, 1.82) is 0 Å². The summed E-state index contributed by atoms with van der Waals surface area (Å²) in [5.74, 6) is 0.256. The fourth-order valence-electron chi connectivity index (χ4n) is 3.77. The number of halogens is 1. The molecule has 1 amide bonds. The van der Waals surface area contributed by atoms with Crippen molar-refractivity contribution in [2.24, 2.45) is 5.92 Å². The lowest BCUT2D eigenvalue weighted by Gasteiger charge is -2.33. The number of hydrogen-bond acceptors (Lipinski definition) is 3. The second kappa shape index (κ2) is 7.57. The van der Waals surface area contributed by atoms with Crippen molar-refractivity contribution in [2.45, 2.75) is 12.8 Å². The maximum atomic E-state index is 11.9. The number of nitrogens with zero attached hydrogens (tertiary/aromatic N) is 2. The zero-order valence-corrected chi connectivity index (χ0v) is 16.0. The molecule has 1 N–H and O–H groups in total. The normalized spacial score (nSPS) is 15.1. The number of para-hydroxylation sites is 1. The van der Waals surface area contributed by atoms with E-state index in [0.717, 1.165) is 53.1 Å². The Morgan fingerprint density at radius 1 is 1.11 bits per heavy atom. The van der Waals surface area contributed by atoms with Crippen LogP contribution in [0.5, 0.6) is 0 Å². The zero-order chi connectivity index (χ0) is 18.8. The predicted octanol–water partition coefficient (Wildman–Crippen LogP) is 4.52. The van der Waals surface area contributed by atoms with Crippen LogP contribution in [0.15, 0.2) is 54.6 Å². The van der Waals surface area contributed by atoms with E-state index in [4.69, 9.17) is 16.6 Å². The fourth-order valence-corrected chi connectivity index (χ4v) is 3.90. The molecule has 0 aliphatic carbocycles. The summed E-state index contributed by atoms with van der Waals surface area (Å²) in [6.07, 6.45) is 1.74. The van der Waals surface area contributed by atoms with Gasteiger partial charge in [-0.2, -0.15) is 0 Å². The van der Waals surface area contributed by atoms with E-state index in [1.165, 1.54) is 5.69 Å². The lowest BCUT2D eigenvalue weighted by Crippen LogP contribution is -2.39. The molecule has 1 aromatic heterocycles. The highest BCUT2D eigenvalue weighted by Gasteiger charge is 2.25. The summed E-state index contributed by atoms with van der Waals surface area (Å²) in [5, 5.41) is 4.64. The minimum absolute atomic E-state index is 0.107. The Bertz CT molecular complexity index is 963. The van der Waals surface area contributed by atoms with Gasteiger partial charge in [-0.05, 0) is 37.1 Å². The number of carbonyl (C=O) groups excluding carboxylic acids is 1. The summed E-state index contributed by atoms with van der Waals surface area (Å²) in [6, 6.07) is 18.2. The van der Waals surface area contributed by atoms with Gasteiger partial charge in [0.25, 0.3) is 0 Å². The van der Waals surface area contributed by atoms with Crippen LogP contribution in [0.3, 0.4) is 0 Å². The molecule has 5 heteroatoms. The molecular weight excluding hydrogens is 358 g/mol. The molecule has 1 saturated heterocycles. The summed E-state index contributed by atoms with van der Waals surface area (Å²) in [7, 11) is 1.71. The van der Waals surface area contributed by atoms with E-state index in [9.17, 15) is 4.79 Å². The Kier molecular flexibility index (Phi) is 4.99. The van der Waals surface area contributed by atoms with Crippen molar-refractivity contribution in [3.63, 3.8) is 0 Å². The van der Waals surface area contributed by atoms with Crippen molar-refractivity contribution in [3.05, 3.63) is 59.6 Å². The molecule has 0 unspecified atom stereocenters. The van der Waals surface area contributed by atoms with E-state index in [1.807, 2.05) is 36.4 Å². The molecule has 0 spiro atoms. The molecule has 2 aromatic carbocycles. The Balaban J connectivity index is 1.71. The molecule has 0 bridgehead atoms. The van der Waals surface area contributed by atoms with Crippen molar-refractivity contribution >= 4 is 34.1 Å². The first kappa shape index (κ1) is 17.8. The van der Waals surface area contributed by atoms with Gasteiger partial charge in [0.05, 0.1) is 11.2 Å². The molecule has 4 rings (SSSR count). The minimum atomic E-state index is 0.107. The lowest BCUT2D eigenvalue weighted by molar-refractivity contribution is -0.125. The number of fused-ring (bicyclic) bond motifs is 1. The third-order valence-electron chi connectivity index (χ3n) is 5.29. The van der Waals surface area contributed by atoms with Gasteiger partial charge in [-0.15, -0.1) is 0 Å². The van der Waals surface area contributed by atoms with Crippen LogP contribution in [-0.2, 0) is 4.79 Å². The number of piperidine rings is 1. The van der Waals surface area contributed by atoms with Crippen LogP contribution in [0.25, 0.3) is 22.2 Å². The van der Waals surface area contributed by atoms with E-state index in [-0.39, 0.29) is 11.8 Å².